The average molecular weight is 310 g/mol. The third kappa shape index (κ3) is 3.20. The maximum absolute atomic E-state index is 13.2. The molecule has 1 heterocycles. The van der Waals surface area contributed by atoms with Gasteiger partial charge in [-0.25, -0.2) is 12.8 Å². The molecule has 0 spiro atoms. The first-order valence-corrected chi connectivity index (χ1v) is 7.64. The van der Waals surface area contributed by atoms with E-state index in [9.17, 15) is 17.9 Å². The predicted octanol–water partition coefficient (Wildman–Crippen LogP) is 2.31. The number of pyridine rings is 1. The molecule has 2 aromatic rings. The molecule has 1 N–H and O–H groups in total. The van der Waals surface area contributed by atoms with Gasteiger partial charge in [-0.1, -0.05) is 12.1 Å². The molecule has 2 rings (SSSR count). The number of nitrogens with zero attached hydrogens (tertiary/aromatic N) is 2. The highest BCUT2D eigenvalue weighted by Gasteiger charge is 2.27. The van der Waals surface area contributed by atoms with E-state index in [4.69, 9.17) is 0 Å². The first-order valence-electron chi connectivity index (χ1n) is 6.20. The number of halogens is 1. The largest absolute Gasteiger partial charge is 0.508 e. The summed E-state index contributed by atoms with van der Waals surface area (Å²) in [5, 5.41) is 9.26. The zero-order chi connectivity index (χ0) is 15.6. The third-order valence-electron chi connectivity index (χ3n) is 3.28. The second-order valence-corrected chi connectivity index (χ2v) is 6.63. The molecule has 5 nitrogen and oxygen atoms in total. The molecule has 0 aliphatic rings. The van der Waals surface area contributed by atoms with Gasteiger partial charge in [0.1, 0.15) is 16.5 Å². The van der Waals surface area contributed by atoms with E-state index in [1.54, 1.807) is 19.1 Å². The van der Waals surface area contributed by atoms with E-state index < -0.39 is 21.9 Å². The van der Waals surface area contributed by atoms with Gasteiger partial charge in [-0.2, -0.15) is 4.31 Å². The number of phenols is 1. The van der Waals surface area contributed by atoms with Crippen LogP contribution in [0.4, 0.5) is 4.39 Å². The van der Waals surface area contributed by atoms with Crippen LogP contribution in [0.25, 0.3) is 0 Å². The molecule has 1 atom stereocenters. The number of hydrogen-bond donors (Lipinski definition) is 1. The topological polar surface area (TPSA) is 70.5 Å². The molecule has 0 radical (unpaired) electrons. The molecule has 0 saturated heterocycles. The highest BCUT2D eigenvalue weighted by molar-refractivity contribution is 7.89. The Labute approximate surface area is 122 Å². The van der Waals surface area contributed by atoms with Crippen molar-refractivity contribution in [3.8, 4) is 5.75 Å². The van der Waals surface area contributed by atoms with Gasteiger partial charge in [0, 0.05) is 19.3 Å². The first-order chi connectivity index (χ1) is 9.82. The Balaban J connectivity index is 2.33. The first kappa shape index (κ1) is 15.4. The Morgan fingerprint density at radius 2 is 1.86 bits per heavy atom. The minimum absolute atomic E-state index is 0.103. The molecule has 0 aliphatic heterocycles. The summed E-state index contributed by atoms with van der Waals surface area (Å²) < 4.78 is 39.2. The monoisotopic (exact) mass is 310 g/mol. The minimum atomic E-state index is -3.85. The van der Waals surface area contributed by atoms with Crippen molar-refractivity contribution in [3.63, 3.8) is 0 Å². The number of aromatic nitrogens is 1. The van der Waals surface area contributed by atoms with Crippen molar-refractivity contribution in [3.05, 3.63) is 54.1 Å². The van der Waals surface area contributed by atoms with Crippen molar-refractivity contribution < 1.29 is 17.9 Å². The predicted molar refractivity (Wildman–Crippen MR) is 75.7 cm³/mol. The summed E-state index contributed by atoms with van der Waals surface area (Å²) in [5.41, 5.74) is 0.711. The lowest BCUT2D eigenvalue weighted by Gasteiger charge is -2.24. The van der Waals surface area contributed by atoms with Crippen LogP contribution in [0.3, 0.4) is 0 Å². The van der Waals surface area contributed by atoms with Crippen molar-refractivity contribution in [2.24, 2.45) is 0 Å². The van der Waals surface area contributed by atoms with E-state index in [0.717, 1.165) is 22.8 Å². The van der Waals surface area contributed by atoms with E-state index in [2.05, 4.69) is 4.98 Å². The van der Waals surface area contributed by atoms with Crippen LogP contribution in [0.1, 0.15) is 18.5 Å². The Bertz CT molecular complexity index is 732. The molecule has 21 heavy (non-hydrogen) atoms. The zero-order valence-electron chi connectivity index (χ0n) is 11.6. The molecule has 0 saturated carbocycles. The minimum Gasteiger partial charge on any atom is -0.508 e. The second kappa shape index (κ2) is 5.79. The number of aromatic hydroxyl groups is 1. The van der Waals surface area contributed by atoms with Crippen molar-refractivity contribution in [2.45, 2.75) is 17.9 Å². The van der Waals surface area contributed by atoms with Gasteiger partial charge >= 0.3 is 0 Å². The summed E-state index contributed by atoms with van der Waals surface area (Å²) >= 11 is 0. The summed E-state index contributed by atoms with van der Waals surface area (Å²) in [7, 11) is -2.44. The molecule has 7 heteroatoms. The number of phenolic OH excluding ortho intramolecular Hbond substituents is 1. The fourth-order valence-electron chi connectivity index (χ4n) is 1.87. The molecule has 0 amide bonds. The highest BCUT2D eigenvalue weighted by atomic mass is 32.2. The number of benzene rings is 1. The number of sulfonamides is 1. The van der Waals surface area contributed by atoms with Gasteiger partial charge in [0.2, 0.25) is 10.0 Å². The van der Waals surface area contributed by atoms with Crippen molar-refractivity contribution in [1.29, 1.82) is 0 Å². The van der Waals surface area contributed by atoms with E-state index in [1.165, 1.54) is 19.2 Å². The lowest BCUT2D eigenvalue weighted by molar-refractivity contribution is 0.397. The standard InChI is InChI=1S/C14H15FN2O3S/c1-10(11-3-5-13(18)6-4-11)17(2)21(19,20)14-7-12(15)8-16-9-14/h3-10,18H,1-2H3. The van der Waals surface area contributed by atoms with Gasteiger partial charge in [-0.15, -0.1) is 0 Å². The fourth-order valence-corrected chi connectivity index (χ4v) is 3.20. The molecule has 1 aromatic heterocycles. The van der Waals surface area contributed by atoms with Gasteiger partial charge in [0.25, 0.3) is 0 Å². The van der Waals surface area contributed by atoms with Crippen molar-refractivity contribution in [2.75, 3.05) is 7.05 Å². The molecule has 0 fully saturated rings. The van der Waals surface area contributed by atoms with Crippen LogP contribution in [0.15, 0.2) is 47.6 Å². The summed E-state index contributed by atoms with van der Waals surface area (Å²) in [6.45, 7) is 1.71. The normalized spacial score (nSPS) is 13.3. The quantitative estimate of drug-likeness (QED) is 0.940. The Morgan fingerprint density at radius 3 is 2.43 bits per heavy atom. The second-order valence-electron chi connectivity index (χ2n) is 4.63. The molecule has 112 valence electrons. The molecular formula is C14H15FN2O3S. The van der Waals surface area contributed by atoms with Crippen LogP contribution >= 0.6 is 0 Å². The molecule has 0 bridgehead atoms. The van der Waals surface area contributed by atoms with E-state index in [-0.39, 0.29) is 10.6 Å². The maximum atomic E-state index is 13.2. The van der Waals surface area contributed by atoms with Gasteiger partial charge in [-0.3, -0.25) is 4.98 Å². The summed E-state index contributed by atoms with van der Waals surface area (Å²) in [5.74, 6) is -0.604. The lowest BCUT2D eigenvalue weighted by Crippen LogP contribution is -2.30. The Morgan fingerprint density at radius 1 is 1.24 bits per heavy atom. The van der Waals surface area contributed by atoms with E-state index >= 15 is 0 Å². The maximum Gasteiger partial charge on any atom is 0.245 e. The van der Waals surface area contributed by atoms with Gasteiger partial charge in [0.15, 0.2) is 0 Å². The van der Waals surface area contributed by atoms with Crippen LogP contribution in [-0.4, -0.2) is 29.9 Å². The number of hydrogen-bond acceptors (Lipinski definition) is 4. The van der Waals surface area contributed by atoms with Crippen LogP contribution in [0.5, 0.6) is 5.75 Å². The van der Waals surface area contributed by atoms with Crippen LogP contribution in [-0.2, 0) is 10.0 Å². The fraction of sp³-hybridized carbons (Fsp3) is 0.214. The lowest BCUT2D eigenvalue weighted by atomic mass is 10.1. The van der Waals surface area contributed by atoms with E-state index in [0.29, 0.717) is 5.56 Å². The molecular weight excluding hydrogens is 295 g/mol. The Hall–Kier alpha value is -1.99. The van der Waals surface area contributed by atoms with Crippen molar-refractivity contribution >= 4 is 10.0 Å². The van der Waals surface area contributed by atoms with Crippen LogP contribution < -0.4 is 0 Å². The van der Waals surface area contributed by atoms with Crippen LogP contribution in [0, 0.1) is 5.82 Å². The van der Waals surface area contributed by atoms with Crippen molar-refractivity contribution in [1.82, 2.24) is 9.29 Å². The summed E-state index contributed by atoms with van der Waals surface area (Å²) in [6.07, 6.45) is 2.06. The SMILES string of the molecule is CC(c1ccc(O)cc1)N(C)S(=O)(=O)c1cncc(F)c1. The third-order valence-corrected chi connectivity index (χ3v) is 5.17. The summed E-state index contributed by atoms with van der Waals surface area (Å²) in [6, 6.07) is 6.69. The van der Waals surface area contributed by atoms with Crippen LogP contribution in [0.2, 0.25) is 0 Å². The smallest absolute Gasteiger partial charge is 0.245 e. The number of rotatable bonds is 4. The summed E-state index contributed by atoms with van der Waals surface area (Å²) in [4.78, 5) is 3.36. The highest BCUT2D eigenvalue weighted by Crippen LogP contribution is 2.26. The van der Waals surface area contributed by atoms with Gasteiger partial charge < -0.3 is 5.11 Å². The molecule has 1 aromatic carbocycles. The van der Waals surface area contributed by atoms with Gasteiger partial charge in [-0.05, 0) is 30.7 Å². The molecule has 0 aliphatic carbocycles. The average Bonchev–Trinajstić information content (AvgIpc) is 2.46. The molecule has 1 unspecified atom stereocenters. The zero-order valence-corrected chi connectivity index (χ0v) is 12.4. The Kier molecular flexibility index (Phi) is 4.24. The van der Waals surface area contributed by atoms with E-state index in [1.807, 2.05) is 0 Å². The van der Waals surface area contributed by atoms with Gasteiger partial charge in [0.05, 0.1) is 6.20 Å².